The molecule has 0 radical (unpaired) electrons. The average Bonchev–Trinajstić information content (AvgIpc) is 2.46. The largest absolute Gasteiger partial charge is 0.465 e. The SMILES string of the molecule is COC(=O)c1ccccc1NC(=O)c1cnc(C)[nH]c1=O. The first kappa shape index (κ1) is 14.4. The van der Waals surface area contributed by atoms with Gasteiger partial charge in [-0.15, -0.1) is 0 Å². The van der Waals surface area contributed by atoms with E-state index >= 15 is 0 Å². The van der Waals surface area contributed by atoms with E-state index in [1.807, 2.05) is 0 Å². The molecule has 7 heteroatoms. The van der Waals surface area contributed by atoms with Gasteiger partial charge in [0.2, 0.25) is 0 Å². The van der Waals surface area contributed by atoms with E-state index < -0.39 is 17.4 Å². The molecule has 0 fully saturated rings. The summed E-state index contributed by atoms with van der Waals surface area (Å²) in [5.41, 5.74) is -0.227. The van der Waals surface area contributed by atoms with E-state index in [-0.39, 0.29) is 16.8 Å². The van der Waals surface area contributed by atoms with Gasteiger partial charge in [-0.05, 0) is 19.1 Å². The number of nitrogens with one attached hydrogen (secondary N) is 2. The number of aromatic amines is 1. The van der Waals surface area contributed by atoms with Crippen LogP contribution in [0.2, 0.25) is 0 Å². The van der Waals surface area contributed by atoms with Crippen LogP contribution in [0.4, 0.5) is 5.69 Å². The zero-order chi connectivity index (χ0) is 15.4. The molecule has 0 spiro atoms. The van der Waals surface area contributed by atoms with E-state index in [2.05, 4.69) is 20.0 Å². The molecule has 1 aromatic carbocycles. The van der Waals surface area contributed by atoms with Crippen LogP contribution in [0.15, 0.2) is 35.3 Å². The molecule has 0 aliphatic heterocycles. The Hall–Kier alpha value is -2.96. The van der Waals surface area contributed by atoms with Crippen molar-refractivity contribution in [1.29, 1.82) is 0 Å². The van der Waals surface area contributed by atoms with Crippen molar-refractivity contribution in [2.45, 2.75) is 6.92 Å². The molecular formula is C14H13N3O4. The molecule has 0 saturated carbocycles. The topological polar surface area (TPSA) is 101 Å². The molecule has 0 aliphatic rings. The number of H-pyrrole nitrogens is 1. The normalized spacial score (nSPS) is 10.0. The van der Waals surface area contributed by atoms with Crippen LogP contribution in [0.1, 0.15) is 26.5 Å². The zero-order valence-corrected chi connectivity index (χ0v) is 11.5. The van der Waals surface area contributed by atoms with Gasteiger partial charge in [-0.1, -0.05) is 12.1 Å². The number of para-hydroxylation sites is 1. The van der Waals surface area contributed by atoms with E-state index in [1.54, 1.807) is 25.1 Å². The summed E-state index contributed by atoms with van der Waals surface area (Å²) < 4.78 is 4.63. The maximum atomic E-state index is 12.1. The predicted octanol–water partition coefficient (Wildman–Crippen LogP) is 1.12. The van der Waals surface area contributed by atoms with E-state index in [4.69, 9.17) is 0 Å². The summed E-state index contributed by atoms with van der Waals surface area (Å²) in [6.07, 6.45) is 1.18. The lowest BCUT2D eigenvalue weighted by molar-refractivity contribution is 0.0602. The second kappa shape index (κ2) is 6.00. The van der Waals surface area contributed by atoms with Gasteiger partial charge in [-0.2, -0.15) is 0 Å². The molecule has 108 valence electrons. The van der Waals surface area contributed by atoms with Crippen molar-refractivity contribution in [2.24, 2.45) is 0 Å². The number of hydrogen-bond donors (Lipinski definition) is 2. The first-order chi connectivity index (χ1) is 10.0. The van der Waals surface area contributed by atoms with Gasteiger partial charge in [-0.25, -0.2) is 9.78 Å². The number of methoxy groups -OCH3 is 1. The van der Waals surface area contributed by atoms with Crippen molar-refractivity contribution >= 4 is 17.6 Å². The Morgan fingerprint density at radius 3 is 2.62 bits per heavy atom. The third kappa shape index (κ3) is 3.14. The summed E-state index contributed by atoms with van der Waals surface area (Å²) in [5.74, 6) is -0.826. The number of benzene rings is 1. The van der Waals surface area contributed by atoms with Crippen LogP contribution in [0, 0.1) is 6.92 Å². The first-order valence-corrected chi connectivity index (χ1v) is 6.07. The summed E-state index contributed by atoms with van der Waals surface area (Å²) >= 11 is 0. The van der Waals surface area contributed by atoms with Crippen LogP contribution in [0.3, 0.4) is 0 Å². The van der Waals surface area contributed by atoms with Gasteiger partial charge in [0, 0.05) is 6.20 Å². The fraction of sp³-hybridized carbons (Fsp3) is 0.143. The van der Waals surface area contributed by atoms with Crippen molar-refractivity contribution in [2.75, 3.05) is 12.4 Å². The number of anilines is 1. The van der Waals surface area contributed by atoms with Crippen LogP contribution in [-0.2, 0) is 4.74 Å². The van der Waals surface area contributed by atoms with E-state index in [0.717, 1.165) is 0 Å². The van der Waals surface area contributed by atoms with Gasteiger partial charge >= 0.3 is 5.97 Å². The molecule has 21 heavy (non-hydrogen) atoms. The minimum absolute atomic E-state index is 0.139. The van der Waals surface area contributed by atoms with Gasteiger partial charge in [0.1, 0.15) is 11.4 Å². The van der Waals surface area contributed by atoms with E-state index in [0.29, 0.717) is 5.82 Å². The molecule has 0 bridgehead atoms. The standard InChI is InChI=1S/C14H13N3O4/c1-8-15-7-10(12(18)16-8)13(19)17-11-6-4-3-5-9(11)14(20)21-2/h3-7H,1-2H3,(H,17,19)(H,15,16,18). The lowest BCUT2D eigenvalue weighted by Gasteiger charge is -2.09. The molecular weight excluding hydrogens is 274 g/mol. The second-order valence-electron chi connectivity index (χ2n) is 4.20. The number of nitrogens with zero attached hydrogens (tertiary/aromatic N) is 1. The third-order valence-electron chi connectivity index (χ3n) is 2.75. The first-order valence-electron chi connectivity index (χ1n) is 6.07. The molecule has 2 rings (SSSR count). The highest BCUT2D eigenvalue weighted by Gasteiger charge is 2.16. The maximum absolute atomic E-state index is 12.1. The van der Waals surface area contributed by atoms with Gasteiger partial charge in [0.15, 0.2) is 0 Å². The molecule has 0 atom stereocenters. The van der Waals surface area contributed by atoms with Crippen molar-refractivity contribution in [3.8, 4) is 0 Å². The van der Waals surface area contributed by atoms with Gasteiger partial charge in [0.05, 0.1) is 18.4 Å². The van der Waals surface area contributed by atoms with Crippen molar-refractivity contribution < 1.29 is 14.3 Å². The van der Waals surface area contributed by atoms with Crippen molar-refractivity contribution in [1.82, 2.24) is 9.97 Å². The Balaban J connectivity index is 2.32. The number of carbonyl (C=O) groups is 2. The van der Waals surface area contributed by atoms with Gasteiger partial charge in [-0.3, -0.25) is 9.59 Å². The highest BCUT2D eigenvalue weighted by Crippen LogP contribution is 2.16. The summed E-state index contributed by atoms with van der Waals surface area (Å²) in [6.45, 7) is 1.61. The van der Waals surface area contributed by atoms with Crippen LogP contribution in [0.5, 0.6) is 0 Å². The Labute approximate surface area is 120 Å². The molecule has 1 amide bonds. The molecule has 0 saturated heterocycles. The number of ether oxygens (including phenoxy) is 1. The molecule has 1 aromatic heterocycles. The number of rotatable bonds is 3. The van der Waals surface area contributed by atoms with Crippen molar-refractivity contribution in [3.05, 3.63) is 57.8 Å². The predicted molar refractivity (Wildman–Crippen MR) is 75.3 cm³/mol. The lowest BCUT2D eigenvalue weighted by Crippen LogP contribution is -2.25. The zero-order valence-electron chi connectivity index (χ0n) is 11.5. The van der Waals surface area contributed by atoms with Crippen LogP contribution < -0.4 is 10.9 Å². The molecule has 1 heterocycles. The molecule has 2 aromatic rings. The maximum Gasteiger partial charge on any atom is 0.339 e. The summed E-state index contributed by atoms with van der Waals surface area (Å²) in [6, 6.07) is 6.35. The summed E-state index contributed by atoms with van der Waals surface area (Å²) in [7, 11) is 1.25. The Morgan fingerprint density at radius 1 is 1.24 bits per heavy atom. The summed E-state index contributed by atoms with van der Waals surface area (Å²) in [4.78, 5) is 41.7. The quantitative estimate of drug-likeness (QED) is 0.824. The average molecular weight is 287 g/mol. The number of aromatic nitrogens is 2. The Morgan fingerprint density at radius 2 is 1.95 bits per heavy atom. The van der Waals surface area contributed by atoms with Crippen LogP contribution in [-0.4, -0.2) is 29.0 Å². The van der Waals surface area contributed by atoms with Crippen LogP contribution in [0.25, 0.3) is 0 Å². The second-order valence-corrected chi connectivity index (χ2v) is 4.20. The van der Waals surface area contributed by atoms with Gasteiger partial charge < -0.3 is 15.0 Å². The fourth-order valence-corrected chi connectivity index (χ4v) is 1.72. The molecule has 0 aliphatic carbocycles. The van der Waals surface area contributed by atoms with E-state index in [1.165, 1.54) is 19.4 Å². The fourth-order valence-electron chi connectivity index (χ4n) is 1.72. The molecule has 7 nitrogen and oxygen atoms in total. The van der Waals surface area contributed by atoms with Gasteiger partial charge in [0.25, 0.3) is 11.5 Å². The minimum atomic E-state index is -0.653. The molecule has 2 N–H and O–H groups in total. The minimum Gasteiger partial charge on any atom is -0.465 e. The smallest absolute Gasteiger partial charge is 0.339 e. The highest BCUT2D eigenvalue weighted by molar-refractivity contribution is 6.07. The Bertz CT molecular complexity index is 752. The highest BCUT2D eigenvalue weighted by atomic mass is 16.5. The molecule has 0 unspecified atom stereocenters. The number of amides is 1. The van der Waals surface area contributed by atoms with E-state index in [9.17, 15) is 14.4 Å². The summed E-state index contributed by atoms with van der Waals surface area (Å²) in [5, 5.41) is 2.50. The number of hydrogen-bond acceptors (Lipinski definition) is 5. The monoisotopic (exact) mass is 287 g/mol. The lowest BCUT2D eigenvalue weighted by atomic mass is 10.1. The Kier molecular flexibility index (Phi) is 4.13. The number of esters is 1. The number of aryl methyl sites for hydroxylation is 1. The van der Waals surface area contributed by atoms with Crippen molar-refractivity contribution in [3.63, 3.8) is 0 Å². The number of carbonyl (C=O) groups excluding carboxylic acids is 2. The van der Waals surface area contributed by atoms with Crippen LogP contribution >= 0.6 is 0 Å². The third-order valence-corrected chi connectivity index (χ3v) is 2.75.